The van der Waals surface area contributed by atoms with Crippen LogP contribution in [0.1, 0.15) is 11.1 Å². The molecule has 116 valence electrons. The van der Waals surface area contributed by atoms with Crippen molar-refractivity contribution < 1.29 is 14.3 Å². The Morgan fingerprint density at radius 2 is 1.87 bits per heavy atom. The molecule has 1 aliphatic heterocycles. The molecule has 1 heterocycles. The molecule has 0 saturated heterocycles. The second-order valence-corrected chi connectivity index (χ2v) is 7.28. The quantitative estimate of drug-likeness (QED) is 0.323. The zero-order chi connectivity index (χ0) is 16.4. The smallest absolute Gasteiger partial charge is 0.343 e. The molecule has 2 aromatic rings. The molecule has 1 aliphatic rings. The van der Waals surface area contributed by atoms with Gasteiger partial charge >= 0.3 is 5.97 Å². The first-order valence-corrected chi connectivity index (χ1v) is 8.98. The summed E-state index contributed by atoms with van der Waals surface area (Å²) in [5.41, 5.74) is 2.26. The van der Waals surface area contributed by atoms with Gasteiger partial charge in [-0.05, 0) is 69.5 Å². The van der Waals surface area contributed by atoms with E-state index in [1.807, 2.05) is 42.5 Å². The van der Waals surface area contributed by atoms with Gasteiger partial charge in [-0.15, -0.1) is 0 Å². The lowest BCUT2D eigenvalue weighted by Gasteiger charge is -2.08. The zero-order valence-corrected chi connectivity index (χ0v) is 16.5. The first-order chi connectivity index (χ1) is 11.1. The minimum atomic E-state index is -0.347. The number of rotatable bonds is 3. The van der Waals surface area contributed by atoms with Gasteiger partial charge in [-0.25, -0.2) is 4.79 Å². The van der Waals surface area contributed by atoms with E-state index < -0.39 is 0 Å². The maximum absolute atomic E-state index is 12.1. The monoisotopic (exact) mass is 530 g/mol. The van der Waals surface area contributed by atoms with Crippen molar-refractivity contribution in [3.05, 3.63) is 72.4 Å². The van der Waals surface area contributed by atoms with Crippen LogP contribution >= 0.6 is 45.2 Å². The Kier molecular flexibility index (Phi) is 5.05. The van der Waals surface area contributed by atoms with Crippen molar-refractivity contribution in [2.24, 2.45) is 0 Å². The van der Waals surface area contributed by atoms with Crippen molar-refractivity contribution in [3.63, 3.8) is 0 Å². The topological polar surface area (TPSA) is 35.5 Å². The van der Waals surface area contributed by atoms with Gasteiger partial charge in [-0.2, -0.15) is 0 Å². The highest BCUT2D eigenvalue weighted by Gasteiger charge is 2.22. The van der Waals surface area contributed by atoms with E-state index in [1.54, 1.807) is 19.3 Å². The Morgan fingerprint density at radius 3 is 2.57 bits per heavy atom. The molecule has 0 unspecified atom stereocenters. The van der Waals surface area contributed by atoms with E-state index in [-0.39, 0.29) is 5.97 Å². The molecule has 2 aromatic carbocycles. The van der Waals surface area contributed by atoms with Crippen LogP contribution in [0.25, 0.3) is 11.8 Å². The van der Waals surface area contributed by atoms with Crippen LogP contribution in [0.2, 0.25) is 0 Å². The number of esters is 1. The fourth-order valence-corrected chi connectivity index (χ4v) is 4.41. The largest absolute Gasteiger partial charge is 0.495 e. The van der Waals surface area contributed by atoms with E-state index in [4.69, 9.17) is 9.47 Å². The first kappa shape index (κ1) is 16.5. The van der Waals surface area contributed by atoms with E-state index in [0.29, 0.717) is 11.3 Å². The summed E-state index contributed by atoms with van der Waals surface area (Å²) in [6.45, 7) is 0. The van der Waals surface area contributed by atoms with Crippen molar-refractivity contribution in [2.75, 3.05) is 7.11 Å². The highest BCUT2D eigenvalue weighted by Crippen LogP contribution is 2.32. The zero-order valence-electron chi connectivity index (χ0n) is 12.2. The summed E-state index contributed by atoms with van der Waals surface area (Å²) in [5.74, 6) is 0.980. The molecule has 3 rings (SSSR count). The van der Waals surface area contributed by atoms with E-state index in [2.05, 4.69) is 45.2 Å². The summed E-state index contributed by atoms with van der Waals surface area (Å²) in [6, 6.07) is 13.6. The Bertz CT molecular complexity index is 824. The number of carbonyl (C=O) groups excluding carboxylic acids is 1. The van der Waals surface area contributed by atoms with Crippen molar-refractivity contribution in [2.45, 2.75) is 0 Å². The number of methoxy groups -OCH3 is 1. The molecule has 0 amide bonds. The van der Waals surface area contributed by atoms with Crippen LogP contribution in [0.15, 0.2) is 54.1 Å². The van der Waals surface area contributed by atoms with Crippen molar-refractivity contribution in [3.8, 4) is 5.75 Å². The second-order valence-electron chi connectivity index (χ2n) is 4.87. The van der Waals surface area contributed by atoms with Gasteiger partial charge in [0.15, 0.2) is 0 Å². The Morgan fingerprint density at radius 1 is 1.13 bits per heavy atom. The first-order valence-electron chi connectivity index (χ1n) is 6.82. The third-order valence-corrected chi connectivity index (χ3v) is 4.76. The second kappa shape index (κ2) is 7.04. The summed E-state index contributed by atoms with van der Waals surface area (Å²) in [7, 11) is 1.63. The van der Waals surface area contributed by atoms with E-state index in [9.17, 15) is 4.79 Å². The Hall–Kier alpha value is -1.35. The van der Waals surface area contributed by atoms with Gasteiger partial charge in [0.05, 0.1) is 16.3 Å². The van der Waals surface area contributed by atoms with Gasteiger partial charge in [-0.3, -0.25) is 0 Å². The predicted octanol–water partition coefficient (Wildman–Crippen LogP) is 4.89. The molecule has 0 radical (unpaired) electrons. The molecule has 0 atom stereocenters. The van der Waals surface area contributed by atoms with Crippen LogP contribution in [0.5, 0.6) is 5.75 Å². The lowest BCUT2D eigenvalue weighted by atomic mass is 10.1. The van der Waals surface area contributed by atoms with Crippen LogP contribution in [-0.2, 0) is 9.53 Å². The molecule has 3 nitrogen and oxygen atoms in total. The fourth-order valence-electron chi connectivity index (χ4n) is 2.30. The number of cyclic esters (lactones) is 1. The molecule has 0 fully saturated rings. The summed E-state index contributed by atoms with van der Waals surface area (Å²) in [5, 5.41) is 0. The van der Waals surface area contributed by atoms with E-state index in [0.717, 1.165) is 24.0 Å². The summed E-state index contributed by atoms with van der Waals surface area (Å²) >= 11 is 4.47. The fraction of sp³-hybridized carbons (Fsp3) is 0.0556. The molecule has 5 heteroatoms. The molecule has 0 aromatic heterocycles. The average Bonchev–Trinajstić information content (AvgIpc) is 2.89. The maximum Gasteiger partial charge on any atom is 0.343 e. The molecule has 0 aliphatic carbocycles. The molecule has 0 spiro atoms. The average molecular weight is 530 g/mol. The SMILES string of the molecule is COc1c(I)cc(I)cc1C=C1C=C(c2ccccc2)OC1=O. The third-order valence-electron chi connectivity index (χ3n) is 3.34. The van der Waals surface area contributed by atoms with Gasteiger partial charge in [0.1, 0.15) is 11.5 Å². The Labute approximate surface area is 161 Å². The van der Waals surface area contributed by atoms with Gasteiger partial charge in [0.2, 0.25) is 0 Å². The lowest BCUT2D eigenvalue weighted by Crippen LogP contribution is -1.98. The summed E-state index contributed by atoms with van der Waals surface area (Å²) in [4.78, 5) is 12.1. The van der Waals surface area contributed by atoms with Crippen LogP contribution in [0.4, 0.5) is 0 Å². The number of ether oxygens (including phenoxy) is 2. The minimum absolute atomic E-state index is 0.347. The van der Waals surface area contributed by atoms with Crippen molar-refractivity contribution >= 4 is 63.0 Å². The van der Waals surface area contributed by atoms with Crippen molar-refractivity contribution in [1.29, 1.82) is 0 Å². The molecule has 0 N–H and O–H groups in total. The molecule has 0 saturated carbocycles. The van der Waals surface area contributed by atoms with Crippen LogP contribution in [0.3, 0.4) is 0 Å². The summed E-state index contributed by atoms with van der Waals surface area (Å²) < 4.78 is 12.9. The van der Waals surface area contributed by atoms with Gasteiger partial charge in [0.25, 0.3) is 0 Å². The van der Waals surface area contributed by atoms with Gasteiger partial charge in [0, 0.05) is 14.7 Å². The molecule has 0 bridgehead atoms. The minimum Gasteiger partial charge on any atom is -0.495 e. The van der Waals surface area contributed by atoms with Crippen molar-refractivity contribution in [1.82, 2.24) is 0 Å². The number of hydrogen-bond donors (Lipinski definition) is 0. The molecule has 23 heavy (non-hydrogen) atoms. The van der Waals surface area contributed by atoms with Crippen LogP contribution in [0, 0.1) is 7.14 Å². The third kappa shape index (κ3) is 3.60. The number of carbonyl (C=O) groups is 1. The highest BCUT2D eigenvalue weighted by molar-refractivity contribution is 14.1. The van der Waals surface area contributed by atoms with Crippen LogP contribution < -0.4 is 4.74 Å². The number of benzene rings is 2. The number of hydrogen-bond acceptors (Lipinski definition) is 3. The molecular formula is C18H12I2O3. The summed E-state index contributed by atoms with van der Waals surface area (Å²) in [6.07, 6.45) is 3.57. The van der Waals surface area contributed by atoms with E-state index >= 15 is 0 Å². The highest BCUT2D eigenvalue weighted by atomic mass is 127. The lowest BCUT2D eigenvalue weighted by molar-refractivity contribution is -0.130. The van der Waals surface area contributed by atoms with E-state index in [1.165, 1.54) is 0 Å². The van der Waals surface area contributed by atoms with Gasteiger partial charge < -0.3 is 9.47 Å². The maximum atomic E-state index is 12.1. The Balaban J connectivity index is 2.03. The van der Waals surface area contributed by atoms with Crippen LogP contribution in [-0.4, -0.2) is 13.1 Å². The molecular weight excluding hydrogens is 518 g/mol. The standard InChI is InChI=1S/C18H12I2O3/c1-22-17-12(8-14(19)10-15(17)20)7-13-9-16(23-18(13)21)11-5-3-2-4-6-11/h2-10H,1H3. The normalized spacial score (nSPS) is 15.5. The van der Waals surface area contributed by atoms with Gasteiger partial charge in [-0.1, -0.05) is 30.3 Å². The predicted molar refractivity (Wildman–Crippen MR) is 107 cm³/mol. The number of halogens is 2.